The minimum absolute atomic E-state index is 0.138. The van der Waals surface area contributed by atoms with Crippen molar-refractivity contribution in [3.63, 3.8) is 0 Å². The molecule has 0 spiro atoms. The first-order valence-corrected chi connectivity index (χ1v) is 8.62. The highest BCUT2D eigenvalue weighted by Crippen LogP contribution is 2.33. The molecule has 26 heavy (non-hydrogen) atoms. The van der Waals surface area contributed by atoms with E-state index in [1.165, 1.54) is 23.5 Å². The number of pyridine rings is 1. The molecule has 4 rings (SSSR count). The van der Waals surface area contributed by atoms with Crippen LogP contribution < -0.4 is 10.9 Å². The largest absolute Gasteiger partial charge is 0.320 e. The Labute approximate surface area is 151 Å². The molecule has 2 N–H and O–H groups in total. The van der Waals surface area contributed by atoms with Gasteiger partial charge in [-0.05, 0) is 36.8 Å². The van der Waals surface area contributed by atoms with E-state index in [1.54, 1.807) is 6.20 Å². The first kappa shape index (κ1) is 16.1. The van der Waals surface area contributed by atoms with E-state index in [-0.39, 0.29) is 11.3 Å². The number of anilines is 1. The van der Waals surface area contributed by atoms with Crippen LogP contribution >= 0.6 is 11.3 Å². The summed E-state index contributed by atoms with van der Waals surface area (Å²) in [5.41, 5.74) is 3.11. The van der Waals surface area contributed by atoms with Gasteiger partial charge in [-0.2, -0.15) is 5.10 Å². The third kappa shape index (κ3) is 2.98. The van der Waals surface area contributed by atoms with Crippen LogP contribution in [0.5, 0.6) is 0 Å². The molecule has 0 saturated heterocycles. The van der Waals surface area contributed by atoms with Crippen molar-refractivity contribution in [1.29, 1.82) is 0 Å². The lowest BCUT2D eigenvalue weighted by atomic mass is 10.1. The fourth-order valence-corrected chi connectivity index (χ4v) is 3.54. The Morgan fingerprint density at radius 2 is 2.04 bits per heavy atom. The number of thiazole rings is 1. The molecule has 0 bridgehead atoms. The third-order valence-corrected chi connectivity index (χ3v) is 4.90. The van der Waals surface area contributed by atoms with Gasteiger partial charge in [0.05, 0.1) is 0 Å². The van der Waals surface area contributed by atoms with Gasteiger partial charge < -0.3 is 5.32 Å². The lowest BCUT2D eigenvalue weighted by Gasteiger charge is -2.10. The molecule has 3 heterocycles. The van der Waals surface area contributed by atoms with Crippen LogP contribution in [0.1, 0.15) is 16.1 Å². The van der Waals surface area contributed by atoms with E-state index in [9.17, 15) is 9.59 Å². The number of nitrogens with zero attached hydrogens (tertiary/aromatic N) is 3. The van der Waals surface area contributed by atoms with E-state index >= 15 is 0 Å². The first-order valence-electron chi connectivity index (χ1n) is 7.80. The van der Waals surface area contributed by atoms with Crippen LogP contribution in [-0.2, 0) is 0 Å². The van der Waals surface area contributed by atoms with E-state index in [1.807, 2.05) is 37.3 Å². The number of H-pyrrole nitrogens is 1. The minimum atomic E-state index is -0.396. The lowest BCUT2D eigenvalue weighted by Crippen LogP contribution is -2.18. The summed E-state index contributed by atoms with van der Waals surface area (Å²) in [5.74, 6) is -0.396. The molecule has 0 aliphatic rings. The summed E-state index contributed by atoms with van der Waals surface area (Å²) in [7, 11) is 0. The zero-order chi connectivity index (χ0) is 18.1. The zero-order valence-electron chi connectivity index (χ0n) is 13.7. The molecule has 1 amide bonds. The number of rotatable bonds is 3. The van der Waals surface area contributed by atoms with E-state index in [2.05, 4.69) is 25.5 Å². The van der Waals surface area contributed by atoms with Gasteiger partial charge in [0, 0.05) is 23.5 Å². The normalized spacial score (nSPS) is 10.8. The molecule has 128 valence electrons. The number of aromatic amines is 1. The summed E-state index contributed by atoms with van der Waals surface area (Å²) < 4.78 is 0. The minimum Gasteiger partial charge on any atom is -0.320 e. The van der Waals surface area contributed by atoms with Gasteiger partial charge in [-0.15, -0.1) is 0 Å². The van der Waals surface area contributed by atoms with Crippen molar-refractivity contribution in [2.45, 2.75) is 6.92 Å². The third-order valence-electron chi connectivity index (χ3n) is 3.89. The Hall–Kier alpha value is -3.39. The Morgan fingerprint density at radius 1 is 1.15 bits per heavy atom. The SMILES string of the molecule is Cc1c(NC(=O)c2ccc(=O)[nH]n2)cccc1-c1nc2cccnc2s1. The van der Waals surface area contributed by atoms with Crippen molar-refractivity contribution in [3.8, 4) is 10.6 Å². The highest BCUT2D eigenvalue weighted by molar-refractivity contribution is 7.21. The van der Waals surface area contributed by atoms with Crippen LogP contribution in [0.4, 0.5) is 5.69 Å². The maximum Gasteiger partial charge on any atom is 0.276 e. The van der Waals surface area contributed by atoms with Gasteiger partial charge in [0.1, 0.15) is 21.0 Å². The summed E-state index contributed by atoms with van der Waals surface area (Å²) in [6, 6.07) is 12.1. The molecule has 7 nitrogen and oxygen atoms in total. The molecule has 0 aliphatic carbocycles. The van der Waals surface area contributed by atoms with Crippen LogP contribution in [0.2, 0.25) is 0 Å². The molecule has 0 atom stereocenters. The molecular weight excluding hydrogens is 350 g/mol. The van der Waals surface area contributed by atoms with Crippen molar-refractivity contribution in [2.75, 3.05) is 5.32 Å². The van der Waals surface area contributed by atoms with E-state index in [4.69, 9.17) is 0 Å². The molecule has 0 unspecified atom stereocenters. The van der Waals surface area contributed by atoms with Crippen LogP contribution in [0.25, 0.3) is 20.9 Å². The highest BCUT2D eigenvalue weighted by atomic mass is 32.1. The number of fused-ring (bicyclic) bond motifs is 1. The Kier molecular flexibility index (Phi) is 4.02. The second-order valence-corrected chi connectivity index (χ2v) is 6.56. The van der Waals surface area contributed by atoms with Gasteiger partial charge in [0.25, 0.3) is 11.5 Å². The maximum atomic E-state index is 12.3. The maximum absolute atomic E-state index is 12.3. The fraction of sp³-hybridized carbons (Fsp3) is 0.0556. The summed E-state index contributed by atoms with van der Waals surface area (Å²) in [6.45, 7) is 1.92. The van der Waals surface area contributed by atoms with Gasteiger partial charge in [-0.1, -0.05) is 23.5 Å². The number of hydrogen-bond acceptors (Lipinski definition) is 6. The predicted octanol–water partition coefficient (Wildman–Crippen LogP) is 3.00. The van der Waals surface area contributed by atoms with E-state index < -0.39 is 5.91 Å². The molecule has 0 fully saturated rings. The Morgan fingerprint density at radius 3 is 2.81 bits per heavy atom. The van der Waals surface area contributed by atoms with Crippen molar-refractivity contribution in [1.82, 2.24) is 20.2 Å². The van der Waals surface area contributed by atoms with Gasteiger partial charge >= 0.3 is 0 Å². The van der Waals surface area contributed by atoms with Crippen LogP contribution in [-0.4, -0.2) is 26.1 Å². The number of carbonyl (C=O) groups is 1. The Balaban J connectivity index is 1.68. The number of hydrogen-bond donors (Lipinski definition) is 2. The molecule has 1 aromatic carbocycles. The van der Waals surface area contributed by atoms with E-state index in [0.29, 0.717) is 5.69 Å². The number of benzene rings is 1. The highest BCUT2D eigenvalue weighted by Gasteiger charge is 2.14. The molecular formula is C18H13N5O2S. The van der Waals surface area contributed by atoms with Crippen LogP contribution in [0.3, 0.4) is 0 Å². The van der Waals surface area contributed by atoms with Crippen molar-refractivity contribution in [2.24, 2.45) is 0 Å². The lowest BCUT2D eigenvalue weighted by molar-refractivity contribution is 0.102. The summed E-state index contributed by atoms with van der Waals surface area (Å²) >= 11 is 1.50. The number of aromatic nitrogens is 4. The second kappa shape index (κ2) is 6.49. The fourth-order valence-electron chi connectivity index (χ4n) is 2.55. The predicted molar refractivity (Wildman–Crippen MR) is 100 cm³/mol. The quantitative estimate of drug-likeness (QED) is 0.583. The average Bonchev–Trinajstić information content (AvgIpc) is 3.08. The molecule has 3 aromatic heterocycles. The summed E-state index contributed by atoms with van der Waals surface area (Å²) in [5, 5.41) is 9.67. The molecule has 0 saturated carbocycles. The van der Waals surface area contributed by atoms with Gasteiger partial charge in [-0.25, -0.2) is 15.1 Å². The molecule has 8 heteroatoms. The first-order chi connectivity index (χ1) is 12.6. The van der Waals surface area contributed by atoms with Gasteiger partial charge in [-0.3, -0.25) is 9.59 Å². The van der Waals surface area contributed by atoms with Gasteiger partial charge in [0.15, 0.2) is 0 Å². The van der Waals surface area contributed by atoms with E-state index in [0.717, 1.165) is 26.5 Å². The van der Waals surface area contributed by atoms with Crippen LogP contribution in [0, 0.1) is 6.92 Å². The van der Waals surface area contributed by atoms with Crippen LogP contribution in [0.15, 0.2) is 53.5 Å². The van der Waals surface area contributed by atoms with Crippen molar-refractivity contribution in [3.05, 3.63) is 70.3 Å². The molecule has 0 radical (unpaired) electrons. The topological polar surface area (TPSA) is 101 Å². The standard InChI is InChI=1S/C18H13N5O2S/c1-10-11(17-21-14-6-3-9-19-18(14)26-17)4-2-5-12(10)20-16(25)13-7-8-15(24)23-22-13/h2-9H,1H3,(H,20,25)(H,23,24). The summed E-state index contributed by atoms with van der Waals surface area (Å²) in [6.07, 6.45) is 1.74. The number of amides is 1. The Bertz CT molecular complexity index is 1130. The average molecular weight is 363 g/mol. The smallest absolute Gasteiger partial charge is 0.276 e. The molecule has 4 aromatic rings. The zero-order valence-corrected chi connectivity index (χ0v) is 14.5. The summed E-state index contributed by atoms with van der Waals surface area (Å²) in [4.78, 5) is 33.2. The van der Waals surface area contributed by atoms with Crippen molar-refractivity contribution >= 4 is 33.3 Å². The van der Waals surface area contributed by atoms with Gasteiger partial charge in [0.2, 0.25) is 0 Å². The second-order valence-electron chi connectivity index (χ2n) is 5.59. The monoisotopic (exact) mass is 363 g/mol. The van der Waals surface area contributed by atoms with Crippen molar-refractivity contribution < 1.29 is 4.79 Å². The number of nitrogens with one attached hydrogen (secondary N) is 2. The molecule has 0 aliphatic heterocycles. The number of carbonyl (C=O) groups excluding carboxylic acids is 1.